The third-order valence-corrected chi connectivity index (χ3v) is 7.48. The van der Waals surface area contributed by atoms with Gasteiger partial charge in [0.25, 0.3) is 0 Å². The molecule has 3 amide bonds. The van der Waals surface area contributed by atoms with Crippen molar-refractivity contribution in [2.24, 2.45) is 0 Å². The zero-order valence-corrected chi connectivity index (χ0v) is 19.9. The van der Waals surface area contributed by atoms with Crippen LogP contribution in [-0.2, 0) is 11.3 Å². The van der Waals surface area contributed by atoms with Gasteiger partial charge in [0, 0.05) is 44.8 Å². The molecule has 0 unspecified atom stereocenters. The van der Waals surface area contributed by atoms with Crippen LogP contribution in [0.2, 0.25) is 0 Å². The van der Waals surface area contributed by atoms with Crippen molar-refractivity contribution < 1.29 is 19.4 Å². The lowest BCUT2D eigenvalue weighted by Gasteiger charge is -2.43. The number of urea groups is 1. The summed E-state index contributed by atoms with van der Waals surface area (Å²) in [5.74, 6) is 1.47. The molecule has 0 saturated carbocycles. The molecule has 0 atom stereocenters. The summed E-state index contributed by atoms with van der Waals surface area (Å²) in [5, 5.41) is 9.28. The Balaban J connectivity index is 1.41. The van der Waals surface area contributed by atoms with Crippen molar-refractivity contribution >= 4 is 17.8 Å². The lowest BCUT2D eigenvalue weighted by Crippen LogP contribution is -2.55. The van der Waals surface area contributed by atoms with Crippen molar-refractivity contribution in [1.29, 1.82) is 0 Å². The number of hydrogen-bond acceptors (Lipinski definition) is 7. The number of methoxy groups -OCH3 is 1. The van der Waals surface area contributed by atoms with E-state index in [1.165, 1.54) is 0 Å². The van der Waals surface area contributed by atoms with E-state index >= 15 is 0 Å². The minimum atomic E-state index is -0.492. The minimum Gasteiger partial charge on any atom is -0.497 e. The third kappa shape index (κ3) is 4.56. The van der Waals surface area contributed by atoms with Gasteiger partial charge >= 0.3 is 6.03 Å². The van der Waals surface area contributed by atoms with Crippen LogP contribution in [0, 0.1) is 0 Å². The molecule has 4 heterocycles. The number of anilines is 1. The summed E-state index contributed by atoms with van der Waals surface area (Å²) < 4.78 is 5.38. The fraction of sp³-hybridized carbons (Fsp3) is 0.480. The van der Waals surface area contributed by atoms with E-state index in [4.69, 9.17) is 4.74 Å². The number of aliphatic hydroxyl groups is 1. The second-order valence-electron chi connectivity index (χ2n) is 9.48. The Morgan fingerprint density at radius 3 is 2.63 bits per heavy atom. The molecular formula is C25H32N6O4. The Morgan fingerprint density at radius 2 is 1.97 bits per heavy atom. The van der Waals surface area contributed by atoms with Gasteiger partial charge in [-0.15, -0.1) is 0 Å². The number of likely N-dealkylation sites (tertiary alicyclic amines) is 1. The van der Waals surface area contributed by atoms with Crippen LogP contribution in [0.3, 0.4) is 0 Å². The number of nitrogens with one attached hydrogen (secondary N) is 2. The van der Waals surface area contributed by atoms with E-state index in [0.29, 0.717) is 50.8 Å². The summed E-state index contributed by atoms with van der Waals surface area (Å²) in [6, 6.07) is 11.6. The Labute approximate surface area is 204 Å². The molecule has 2 aromatic rings. The molecule has 0 bridgehead atoms. The standard InChI is InChI=1S/C25H32N6O4/c1-35-21-4-2-3-18(11-21)15-31-24(34)30(17-25(31)7-9-29(10-8-25)23(33)16-32)22-6-5-19(12-26-22)20-13-27-28-14-20/h2-6,11-12,20,27-28,32H,7-10,13-17H2,1H3. The van der Waals surface area contributed by atoms with Gasteiger partial charge in [0.05, 0.1) is 19.2 Å². The molecule has 5 rings (SSSR count). The molecule has 3 N–H and O–H groups in total. The highest BCUT2D eigenvalue weighted by molar-refractivity contribution is 5.94. The summed E-state index contributed by atoms with van der Waals surface area (Å²) in [6.45, 7) is 3.17. The van der Waals surface area contributed by atoms with Crippen LogP contribution < -0.4 is 20.5 Å². The summed E-state index contributed by atoms with van der Waals surface area (Å²) in [4.78, 5) is 35.9. The predicted molar refractivity (Wildman–Crippen MR) is 130 cm³/mol. The van der Waals surface area contributed by atoms with Gasteiger partial charge in [-0.2, -0.15) is 0 Å². The van der Waals surface area contributed by atoms with Gasteiger partial charge < -0.3 is 19.6 Å². The van der Waals surface area contributed by atoms with Crippen molar-refractivity contribution in [1.82, 2.24) is 25.6 Å². The molecule has 3 saturated heterocycles. The molecule has 0 radical (unpaired) electrons. The average Bonchev–Trinajstić information content (AvgIpc) is 3.53. The predicted octanol–water partition coefficient (Wildman–Crippen LogP) is 1.08. The zero-order chi connectivity index (χ0) is 24.4. The average molecular weight is 481 g/mol. The highest BCUT2D eigenvalue weighted by Crippen LogP contribution is 2.39. The van der Waals surface area contributed by atoms with Crippen LogP contribution >= 0.6 is 0 Å². The molecule has 35 heavy (non-hydrogen) atoms. The van der Waals surface area contributed by atoms with Crippen LogP contribution in [0.15, 0.2) is 42.6 Å². The van der Waals surface area contributed by atoms with Crippen LogP contribution in [0.5, 0.6) is 5.75 Å². The third-order valence-electron chi connectivity index (χ3n) is 7.48. The summed E-state index contributed by atoms with van der Waals surface area (Å²) >= 11 is 0. The first-order valence-electron chi connectivity index (χ1n) is 12.1. The number of nitrogens with zero attached hydrogens (tertiary/aromatic N) is 4. The number of hydrazine groups is 1. The maximum atomic E-state index is 13.8. The number of pyridine rings is 1. The number of aromatic nitrogens is 1. The quantitative estimate of drug-likeness (QED) is 0.568. The molecule has 1 aromatic carbocycles. The number of hydrogen-bond donors (Lipinski definition) is 3. The summed E-state index contributed by atoms with van der Waals surface area (Å²) in [5.41, 5.74) is 7.97. The van der Waals surface area contributed by atoms with Gasteiger partial charge in [0.2, 0.25) is 5.91 Å². The minimum absolute atomic E-state index is 0.0841. The molecule has 3 fully saturated rings. The second-order valence-corrected chi connectivity index (χ2v) is 9.48. The first kappa shape index (κ1) is 23.5. The second kappa shape index (κ2) is 9.80. The maximum absolute atomic E-state index is 13.8. The van der Waals surface area contributed by atoms with Gasteiger partial charge in [0.1, 0.15) is 18.2 Å². The number of carbonyl (C=O) groups is 2. The van der Waals surface area contributed by atoms with Crippen LogP contribution in [0.25, 0.3) is 0 Å². The first-order chi connectivity index (χ1) is 17.0. The fourth-order valence-electron chi connectivity index (χ4n) is 5.36. The van der Waals surface area contributed by atoms with Gasteiger partial charge in [-0.1, -0.05) is 18.2 Å². The molecule has 0 aliphatic carbocycles. The van der Waals surface area contributed by atoms with Gasteiger partial charge in [-0.05, 0) is 42.2 Å². The van der Waals surface area contributed by atoms with E-state index < -0.39 is 12.1 Å². The molecule has 10 nitrogen and oxygen atoms in total. The van der Waals surface area contributed by atoms with Crippen LogP contribution in [0.1, 0.15) is 29.9 Å². The zero-order valence-electron chi connectivity index (χ0n) is 19.9. The SMILES string of the molecule is COc1cccc(CN2C(=O)N(c3ccc(C4CNNC4)cn3)CC23CCN(C(=O)CO)CC3)c1. The van der Waals surface area contributed by atoms with Crippen molar-refractivity contribution in [2.45, 2.75) is 30.8 Å². The highest BCUT2D eigenvalue weighted by atomic mass is 16.5. The molecule has 1 aromatic heterocycles. The Kier molecular flexibility index (Phi) is 6.59. The number of carbonyl (C=O) groups excluding carboxylic acids is 2. The summed E-state index contributed by atoms with van der Waals surface area (Å²) in [6.07, 6.45) is 3.15. The largest absolute Gasteiger partial charge is 0.497 e. The Morgan fingerprint density at radius 1 is 1.20 bits per heavy atom. The van der Waals surface area contributed by atoms with E-state index in [1.807, 2.05) is 41.4 Å². The van der Waals surface area contributed by atoms with Crippen molar-refractivity contribution in [2.75, 3.05) is 51.3 Å². The monoisotopic (exact) mass is 480 g/mol. The van der Waals surface area contributed by atoms with E-state index in [9.17, 15) is 14.7 Å². The van der Waals surface area contributed by atoms with Crippen molar-refractivity contribution in [3.63, 3.8) is 0 Å². The molecule has 186 valence electrons. The molecule has 1 spiro atoms. The number of amides is 3. The van der Waals surface area contributed by atoms with Crippen molar-refractivity contribution in [3.05, 3.63) is 53.7 Å². The Hall–Kier alpha value is -3.21. The van der Waals surface area contributed by atoms with Crippen LogP contribution in [-0.4, -0.2) is 83.8 Å². The summed E-state index contributed by atoms with van der Waals surface area (Å²) in [7, 11) is 1.63. The number of ether oxygens (including phenoxy) is 1. The fourth-order valence-corrected chi connectivity index (χ4v) is 5.36. The van der Waals surface area contributed by atoms with Gasteiger partial charge in [0.15, 0.2) is 0 Å². The van der Waals surface area contributed by atoms with Crippen LogP contribution in [0.4, 0.5) is 10.6 Å². The highest BCUT2D eigenvalue weighted by Gasteiger charge is 2.51. The van der Waals surface area contributed by atoms with Gasteiger partial charge in [-0.25, -0.2) is 9.78 Å². The number of rotatable bonds is 6. The number of piperidine rings is 1. The molecule has 3 aliphatic rings. The van der Waals surface area contributed by atoms with E-state index in [2.05, 4.69) is 21.9 Å². The first-order valence-corrected chi connectivity index (χ1v) is 12.1. The molecule has 3 aliphatic heterocycles. The molecular weight excluding hydrogens is 448 g/mol. The number of aliphatic hydroxyl groups excluding tert-OH is 1. The molecule has 10 heteroatoms. The van der Waals surface area contributed by atoms with Crippen molar-refractivity contribution in [3.8, 4) is 5.75 Å². The lowest BCUT2D eigenvalue weighted by atomic mass is 9.86. The van der Waals surface area contributed by atoms with Gasteiger partial charge in [-0.3, -0.25) is 20.5 Å². The van der Waals surface area contributed by atoms with E-state index in [1.54, 1.807) is 16.9 Å². The van der Waals surface area contributed by atoms with E-state index in [0.717, 1.165) is 30.0 Å². The van der Waals surface area contributed by atoms with E-state index in [-0.39, 0.29) is 11.9 Å². The smallest absolute Gasteiger partial charge is 0.326 e. The normalized spacial score (nSPS) is 20.2. The Bertz CT molecular complexity index is 1060. The maximum Gasteiger partial charge on any atom is 0.326 e. The topological polar surface area (TPSA) is 110 Å². The number of benzene rings is 1. The lowest BCUT2D eigenvalue weighted by molar-refractivity contribution is -0.136.